The molecule has 1 rings (SSSR count). The molecule has 0 aromatic carbocycles. The molecule has 1 N–H and O–H groups in total. The van der Waals surface area contributed by atoms with Crippen LogP contribution in [0.4, 0.5) is 4.39 Å². The molecule has 1 amide bonds. The van der Waals surface area contributed by atoms with E-state index in [2.05, 4.69) is 15.6 Å². The number of aryl methyl sites for hydroxylation is 1. The summed E-state index contributed by atoms with van der Waals surface area (Å²) in [4.78, 5) is 10.7. The van der Waals surface area contributed by atoms with Crippen LogP contribution < -0.4 is 5.32 Å². The molecule has 1 unspecified atom stereocenters. The standard InChI is InChI=1S/C7H11FN4O/c1-5(13)10-6(3-8)7-4-9-11-12(7)2/h4,6H,3H2,1-2H3,(H,10,13). The first-order chi connectivity index (χ1) is 6.15. The minimum Gasteiger partial charge on any atom is -0.345 e. The third-order valence-corrected chi connectivity index (χ3v) is 1.64. The monoisotopic (exact) mass is 186 g/mol. The first kappa shape index (κ1) is 9.63. The fourth-order valence-corrected chi connectivity index (χ4v) is 1.05. The maximum atomic E-state index is 12.5. The van der Waals surface area contributed by atoms with Crippen molar-refractivity contribution < 1.29 is 9.18 Å². The number of amides is 1. The molecule has 0 aliphatic rings. The third kappa shape index (κ3) is 2.24. The van der Waals surface area contributed by atoms with Crippen molar-refractivity contribution in [1.82, 2.24) is 20.3 Å². The van der Waals surface area contributed by atoms with Crippen LogP contribution in [0.15, 0.2) is 6.20 Å². The molecule has 1 aromatic rings. The molecule has 13 heavy (non-hydrogen) atoms. The van der Waals surface area contributed by atoms with E-state index >= 15 is 0 Å². The molecule has 0 saturated heterocycles. The van der Waals surface area contributed by atoms with Crippen molar-refractivity contribution in [1.29, 1.82) is 0 Å². The highest BCUT2D eigenvalue weighted by molar-refractivity contribution is 5.73. The van der Waals surface area contributed by atoms with E-state index in [4.69, 9.17) is 0 Å². The number of aromatic nitrogens is 3. The van der Waals surface area contributed by atoms with Crippen molar-refractivity contribution in [2.75, 3.05) is 6.67 Å². The minimum absolute atomic E-state index is 0.274. The lowest BCUT2D eigenvalue weighted by molar-refractivity contribution is -0.119. The number of alkyl halides is 1. The molecule has 1 atom stereocenters. The number of carbonyl (C=O) groups is 1. The molecule has 0 fully saturated rings. The highest BCUT2D eigenvalue weighted by Crippen LogP contribution is 2.10. The lowest BCUT2D eigenvalue weighted by Gasteiger charge is -2.12. The summed E-state index contributed by atoms with van der Waals surface area (Å²) in [5, 5.41) is 9.69. The second kappa shape index (κ2) is 3.97. The Morgan fingerprint density at radius 2 is 2.54 bits per heavy atom. The van der Waals surface area contributed by atoms with Gasteiger partial charge in [-0.1, -0.05) is 5.21 Å². The molecule has 6 heteroatoms. The van der Waals surface area contributed by atoms with Gasteiger partial charge in [0.05, 0.1) is 11.9 Å². The van der Waals surface area contributed by atoms with Crippen molar-refractivity contribution >= 4 is 5.91 Å². The number of carbonyl (C=O) groups excluding carboxylic acids is 1. The maximum Gasteiger partial charge on any atom is 0.217 e. The molecule has 0 bridgehead atoms. The molecule has 0 aliphatic carbocycles. The van der Waals surface area contributed by atoms with E-state index in [0.29, 0.717) is 5.69 Å². The Morgan fingerprint density at radius 3 is 2.92 bits per heavy atom. The van der Waals surface area contributed by atoms with Crippen molar-refractivity contribution in [3.8, 4) is 0 Å². The molecular formula is C7H11FN4O. The van der Waals surface area contributed by atoms with Crippen LogP contribution in [0.5, 0.6) is 0 Å². The van der Waals surface area contributed by atoms with Crippen molar-refractivity contribution in [2.45, 2.75) is 13.0 Å². The summed E-state index contributed by atoms with van der Waals surface area (Å²) >= 11 is 0. The van der Waals surface area contributed by atoms with Crippen LogP contribution in [-0.4, -0.2) is 27.6 Å². The van der Waals surface area contributed by atoms with Crippen LogP contribution in [0.2, 0.25) is 0 Å². The maximum absolute atomic E-state index is 12.5. The molecule has 5 nitrogen and oxygen atoms in total. The van der Waals surface area contributed by atoms with E-state index in [0.717, 1.165) is 0 Å². The molecule has 1 aromatic heterocycles. The van der Waals surface area contributed by atoms with E-state index in [1.165, 1.54) is 17.8 Å². The second-order valence-corrected chi connectivity index (χ2v) is 2.69. The SMILES string of the molecule is CC(=O)NC(CF)c1cnnn1C. The van der Waals surface area contributed by atoms with Gasteiger partial charge in [-0.3, -0.25) is 9.48 Å². The van der Waals surface area contributed by atoms with Gasteiger partial charge in [-0.05, 0) is 0 Å². The first-order valence-corrected chi connectivity index (χ1v) is 3.82. The fraction of sp³-hybridized carbons (Fsp3) is 0.571. The van der Waals surface area contributed by atoms with Crippen LogP contribution in [0.3, 0.4) is 0 Å². The van der Waals surface area contributed by atoms with Crippen LogP contribution in [-0.2, 0) is 11.8 Å². The van der Waals surface area contributed by atoms with Crippen LogP contribution in [0, 0.1) is 0 Å². The van der Waals surface area contributed by atoms with Gasteiger partial charge >= 0.3 is 0 Å². The number of hydrogen-bond donors (Lipinski definition) is 1. The first-order valence-electron chi connectivity index (χ1n) is 3.82. The Balaban J connectivity index is 2.78. The van der Waals surface area contributed by atoms with E-state index in [1.807, 2.05) is 0 Å². The lowest BCUT2D eigenvalue weighted by atomic mass is 10.2. The topological polar surface area (TPSA) is 59.8 Å². The summed E-state index contributed by atoms with van der Waals surface area (Å²) in [6.07, 6.45) is 1.43. The van der Waals surface area contributed by atoms with Gasteiger partial charge in [-0.15, -0.1) is 5.10 Å². The zero-order valence-corrected chi connectivity index (χ0v) is 7.49. The Kier molecular flexibility index (Phi) is 2.94. The molecule has 0 saturated carbocycles. The number of halogens is 1. The van der Waals surface area contributed by atoms with Crippen LogP contribution in [0.1, 0.15) is 18.7 Å². The van der Waals surface area contributed by atoms with Gasteiger partial charge in [0.15, 0.2) is 0 Å². The summed E-state index contributed by atoms with van der Waals surface area (Å²) < 4.78 is 13.9. The van der Waals surface area contributed by atoms with Crippen LogP contribution >= 0.6 is 0 Å². The summed E-state index contributed by atoms with van der Waals surface area (Å²) in [5.74, 6) is -0.274. The normalized spacial score (nSPS) is 12.5. The quantitative estimate of drug-likeness (QED) is 0.720. The predicted octanol–water partition coefficient (Wildman–Crippen LogP) is -0.0382. The Labute approximate surface area is 74.9 Å². The van der Waals surface area contributed by atoms with Gasteiger partial charge in [0.25, 0.3) is 0 Å². The third-order valence-electron chi connectivity index (χ3n) is 1.64. The highest BCUT2D eigenvalue weighted by Gasteiger charge is 2.15. The van der Waals surface area contributed by atoms with Crippen molar-refractivity contribution in [3.63, 3.8) is 0 Å². The zero-order chi connectivity index (χ0) is 9.84. The summed E-state index contributed by atoms with van der Waals surface area (Å²) in [7, 11) is 1.65. The van der Waals surface area contributed by atoms with E-state index in [9.17, 15) is 9.18 Å². The number of nitrogens with zero attached hydrogens (tertiary/aromatic N) is 3. The zero-order valence-electron chi connectivity index (χ0n) is 7.49. The minimum atomic E-state index is -0.666. The highest BCUT2D eigenvalue weighted by atomic mass is 19.1. The summed E-state index contributed by atoms with van der Waals surface area (Å²) in [6, 6.07) is -0.655. The second-order valence-electron chi connectivity index (χ2n) is 2.69. The van der Waals surface area contributed by atoms with E-state index in [-0.39, 0.29) is 5.91 Å². The molecule has 0 spiro atoms. The Morgan fingerprint density at radius 1 is 1.85 bits per heavy atom. The number of rotatable bonds is 3. The average molecular weight is 186 g/mol. The lowest BCUT2D eigenvalue weighted by Crippen LogP contribution is -2.29. The number of nitrogens with one attached hydrogen (secondary N) is 1. The molecule has 0 aliphatic heterocycles. The van der Waals surface area contributed by atoms with Crippen molar-refractivity contribution in [2.24, 2.45) is 7.05 Å². The summed E-state index contributed by atoms with van der Waals surface area (Å²) in [6.45, 7) is 0.674. The molecule has 72 valence electrons. The average Bonchev–Trinajstić information content (AvgIpc) is 2.47. The van der Waals surface area contributed by atoms with Gasteiger partial charge in [0, 0.05) is 14.0 Å². The van der Waals surface area contributed by atoms with E-state index in [1.54, 1.807) is 7.05 Å². The van der Waals surface area contributed by atoms with Gasteiger partial charge < -0.3 is 5.32 Å². The summed E-state index contributed by atoms with van der Waals surface area (Å²) in [5.41, 5.74) is 0.553. The predicted molar refractivity (Wildman–Crippen MR) is 43.5 cm³/mol. The fourth-order valence-electron chi connectivity index (χ4n) is 1.05. The Hall–Kier alpha value is -1.46. The van der Waals surface area contributed by atoms with Crippen molar-refractivity contribution in [3.05, 3.63) is 11.9 Å². The van der Waals surface area contributed by atoms with E-state index < -0.39 is 12.7 Å². The van der Waals surface area contributed by atoms with Gasteiger partial charge in [0.2, 0.25) is 5.91 Å². The molecular weight excluding hydrogens is 175 g/mol. The Bertz CT molecular complexity index is 298. The van der Waals surface area contributed by atoms with Gasteiger partial charge in [-0.2, -0.15) is 0 Å². The molecule has 0 radical (unpaired) electrons. The molecule has 1 heterocycles. The smallest absolute Gasteiger partial charge is 0.217 e. The largest absolute Gasteiger partial charge is 0.345 e. The van der Waals surface area contributed by atoms with Crippen LogP contribution in [0.25, 0.3) is 0 Å². The number of hydrogen-bond acceptors (Lipinski definition) is 3. The van der Waals surface area contributed by atoms with Gasteiger partial charge in [-0.25, -0.2) is 4.39 Å². The van der Waals surface area contributed by atoms with Gasteiger partial charge in [0.1, 0.15) is 12.7 Å².